The first-order valence-electron chi connectivity index (χ1n) is 5.45. The average Bonchev–Trinajstić information content (AvgIpc) is 2.77. The molecule has 0 bridgehead atoms. The van der Waals surface area contributed by atoms with Crippen LogP contribution in [-0.4, -0.2) is 10.9 Å². The molecule has 2 rings (SSSR count). The van der Waals surface area contributed by atoms with Gasteiger partial charge in [0.05, 0.1) is 16.7 Å². The Kier molecular flexibility index (Phi) is 3.54. The lowest BCUT2D eigenvalue weighted by atomic mass is 10.2. The average molecular weight is 246 g/mol. The number of rotatable bonds is 3. The van der Waals surface area contributed by atoms with Crippen molar-refractivity contribution in [1.29, 1.82) is 0 Å². The van der Waals surface area contributed by atoms with E-state index in [2.05, 4.69) is 10.3 Å². The maximum atomic E-state index is 11.9. The molecule has 17 heavy (non-hydrogen) atoms. The van der Waals surface area contributed by atoms with E-state index in [9.17, 15) is 4.79 Å². The molecule has 0 saturated heterocycles. The molecule has 1 unspecified atom stereocenters. The molecule has 0 aliphatic rings. The number of amides is 1. The molecule has 0 aliphatic heterocycles. The Morgan fingerprint density at radius 1 is 1.35 bits per heavy atom. The van der Waals surface area contributed by atoms with Crippen molar-refractivity contribution in [2.45, 2.75) is 19.9 Å². The zero-order chi connectivity index (χ0) is 12.3. The summed E-state index contributed by atoms with van der Waals surface area (Å²) < 4.78 is 0. The smallest absolute Gasteiger partial charge is 0.251 e. The van der Waals surface area contributed by atoms with Gasteiger partial charge in [0.15, 0.2) is 0 Å². The molecule has 1 N–H and O–H groups in total. The van der Waals surface area contributed by atoms with E-state index in [0.29, 0.717) is 5.56 Å². The van der Waals surface area contributed by atoms with Crippen LogP contribution in [0.5, 0.6) is 0 Å². The minimum Gasteiger partial charge on any atom is -0.344 e. The summed E-state index contributed by atoms with van der Waals surface area (Å²) in [6, 6.07) is 9.14. The molecule has 0 aliphatic carbocycles. The number of carbonyl (C=O) groups is 1. The van der Waals surface area contributed by atoms with Gasteiger partial charge in [-0.15, -0.1) is 11.3 Å². The zero-order valence-electron chi connectivity index (χ0n) is 9.81. The summed E-state index contributed by atoms with van der Waals surface area (Å²) in [5.74, 6) is -0.0660. The van der Waals surface area contributed by atoms with Crippen molar-refractivity contribution in [3.8, 4) is 0 Å². The van der Waals surface area contributed by atoms with Gasteiger partial charge in [0.2, 0.25) is 0 Å². The number of aromatic nitrogens is 1. The second-order valence-electron chi connectivity index (χ2n) is 3.85. The minimum atomic E-state index is -0.0660. The van der Waals surface area contributed by atoms with E-state index in [1.54, 1.807) is 23.5 Å². The molecular formula is C13H14N2OS. The number of hydrogen-bond acceptors (Lipinski definition) is 3. The van der Waals surface area contributed by atoms with Gasteiger partial charge in [0.1, 0.15) is 0 Å². The predicted octanol–water partition coefficient (Wildman–Crippen LogP) is 2.94. The van der Waals surface area contributed by atoms with Crippen LogP contribution >= 0.6 is 11.3 Å². The van der Waals surface area contributed by atoms with Gasteiger partial charge in [0.25, 0.3) is 5.91 Å². The highest BCUT2D eigenvalue weighted by atomic mass is 32.1. The summed E-state index contributed by atoms with van der Waals surface area (Å²) in [6.45, 7) is 3.90. The predicted molar refractivity (Wildman–Crippen MR) is 69.2 cm³/mol. The van der Waals surface area contributed by atoms with Gasteiger partial charge in [-0.25, -0.2) is 4.98 Å². The summed E-state index contributed by atoms with van der Waals surface area (Å²) in [5.41, 5.74) is 1.59. The van der Waals surface area contributed by atoms with Crippen molar-refractivity contribution in [1.82, 2.24) is 10.3 Å². The molecular weight excluding hydrogens is 232 g/mol. The fraction of sp³-hybridized carbons (Fsp3) is 0.231. The Morgan fingerprint density at radius 3 is 2.65 bits per heavy atom. The van der Waals surface area contributed by atoms with Crippen LogP contribution in [0.3, 0.4) is 0 Å². The van der Waals surface area contributed by atoms with Crippen LogP contribution in [0.2, 0.25) is 0 Å². The van der Waals surface area contributed by atoms with E-state index >= 15 is 0 Å². The number of carbonyl (C=O) groups excluding carboxylic acids is 1. The molecule has 1 aromatic heterocycles. The van der Waals surface area contributed by atoms with Crippen molar-refractivity contribution in [2.24, 2.45) is 0 Å². The van der Waals surface area contributed by atoms with E-state index in [1.807, 2.05) is 37.4 Å². The lowest BCUT2D eigenvalue weighted by Gasteiger charge is -2.11. The summed E-state index contributed by atoms with van der Waals surface area (Å²) in [5, 5.41) is 5.92. The largest absolute Gasteiger partial charge is 0.344 e. The van der Waals surface area contributed by atoms with Crippen LogP contribution in [0.25, 0.3) is 0 Å². The van der Waals surface area contributed by atoms with Crippen LogP contribution in [0, 0.1) is 6.92 Å². The lowest BCUT2D eigenvalue weighted by molar-refractivity contribution is 0.0939. The highest BCUT2D eigenvalue weighted by molar-refractivity contribution is 7.09. The van der Waals surface area contributed by atoms with Crippen LogP contribution in [0.1, 0.15) is 34.0 Å². The monoisotopic (exact) mass is 246 g/mol. The van der Waals surface area contributed by atoms with Crippen molar-refractivity contribution in [3.05, 3.63) is 52.0 Å². The maximum Gasteiger partial charge on any atom is 0.251 e. The SMILES string of the molecule is Cc1nc(C(C)NC(=O)c2ccccc2)cs1. The number of nitrogens with zero attached hydrogens (tertiary/aromatic N) is 1. The number of thiazole rings is 1. The van der Waals surface area contributed by atoms with Crippen LogP contribution < -0.4 is 5.32 Å². The van der Waals surface area contributed by atoms with Gasteiger partial charge in [-0.05, 0) is 26.0 Å². The van der Waals surface area contributed by atoms with Gasteiger partial charge in [0, 0.05) is 10.9 Å². The standard InChI is InChI=1S/C13H14N2OS/c1-9(12-8-17-10(2)15-12)14-13(16)11-6-4-3-5-7-11/h3-9H,1-2H3,(H,14,16). The molecule has 0 fully saturated rings. The summed E-state index contributed by atoms with van der Waals surface area (Å²) in [6.07, 6.45) is 0. The quantitative estimate of drug-likeness (QED) is 0.904. The number of benzene rings is 1. The molecule has 4 heteroatoms. The highest BCUT2D eigenvalue weighted by Crippen LogP contribution is 2.16. The van der Waals surface area contributed by atoms with E-state index in [1.165, 1.54) is 0 Å². The Bertz CT molecular complexity index is 507. The molecule has 1 heterocycles. The first-order valence-corrected chi connectivity index (χ1v) is 6.32. The molecule has 3 nitrogen and oxygen atoms in total. The van der Waals surface area contributed by atoms with Crippen LogP contribution in [-0.2, 0) is 0 Å². The summed E-state index contributed by atoms with van der Waals surface area (Å²) >= 11 is 1.59. The lowest BCUT2D eigenvalue weighted by Crippen LogP contribution is -2.26. The number of nitrogens with one attached hydrogen (secondary N) is 1. The molecule has 0 radical (unpaired) electrons. The van der Waals surface area contributed by atoms with Crippen LogP contribution in [0.4, 0.5) is 0 Å². The molecule has 1 atom stereocenters. The van der Waals surface area contributed by atoms with Crippen molar-refractivity contribution in [2.75, 3.05) is 0 Å². The van der Waals surface area contributed by atoms with E-state index in [0.717, 1.165) is 10.7 Å². The topological polar surface area (TPSA) is 42.0 Å². The molecule has 0 spiro atoms. The Balaban J connectivity index is 2.04. The van der Waals surface area contributed by atoms with Gasteiger partial charge >= 0.3 is 0 Å². The third-order valence-corrected chi connectivity index (χ3v) is 3.26. The fourth-order valence-corrected chi connectivity index (χ4v) is 2.23. The Morgan fingerprint density at radius 2 is 2.06 bits per heavy atom. The van der Waals surface area contributed by atoms with Gasteiger partial charge in [-0.1, -0.05) is 18.2 Å². The normalized spacial score (nSPS) is 12.1. The Labute approximate surface area is 105 Å². The number of hydrogen-bond donors (Lipinski definition) is 1. The molecule has 1 amide bonds. The van der Waals surface area contributed by atoms with Crippen molar-refractivity contribution in [3.63, 3.8) is 0 Å². The maximum absolute atomic E-state index is 11.9. The van der Waals surface area contributed by atoms with Gasteiger partial charge in [-0.2, -0.15) is 0 Å². The summed E-state index contributed by atoms with van der Waals surface area (Å²) in [7, 11) is 0. The molecule has 2 aromatic rings. The molecule has 0 saturated carbocycles. The summed E-state index contributed by atoms with van der Waals surface area (Å²) in [4.78, 5) is 16.3. The van der Waals surface area contributed by atoms with E-state index < -0.39 is 0 Å². The first kappa shape index (κ1) is 11.8. The highest BCUT2D eigenvalue weighted by Gasteiger charge is 2.12. The van der Waals surface area contributed by atoms with Gasteiger partial charge < -0.3 is 5.32 Å². The minimum absolute atomic E-state index is 0.0624. The third-order valence-electron chi connectivity index (χ3n) is 2.46. The van der Waals surface area contributed by atoms with Crippen molar-refractivity contribution >= 4 is 17.2 Å². The fourth-order valence-electron chi connectivity index (χ4n) is 1.52. The second kappa shape index (κ2) is 5.10. The van der Waals surface area contributed by atoms with E-state index in [4.69, 9.17) is 0 Å². The first-order chi connectivity index (χ1) is 8.16. The van der Waals surface area contributed by atoms with Crippen molar-refractivity contribution < 1.29 is 4.79 Å². The molecule has 1 aromatic carbocycles. The van der Waals surface area contributed by atoms with Crippen LogP contribution in [0.15, 0.2) is 35.7 Å². The third kappa shape index (κ3) is 2.91. The van der Waals surface area contributed by atoms with Gasteiger partial charge in [-0.3, -0.25) is 4.79 Å². The zero-order valence-corrected chi connectivity index (χ0v) is 10.6. The Hall–Kier alpha value is -1.68. The number of aryl methyl sites for hydroxylation is 1. The second-order valence-corrected chi connectivity index (χ2v) is 4.91. The molecule has 88 valence electrons. The van der Waals surface area contributed by atoms with E-state index in [-0.39, 0.29) is 11.9 Å².